The minimum absolute atomic E-state index is 0.0232. The quantitative estimate of drug-likeness (QED) is 0.889. The lowest BCUT2D eigenvalue weighted by Crippen LogP contribution is -2.31. The summed E-state index contributed by atoms with van der Waals surface area (Å²) < 4.78 is 5.37. The molecule has 1 saturated heterocycles. The molecule has 1 aliphatic rings. The first-order valence-electron chi connectivity index (χ1n) is 6.63. The molecular weight excluding hydrogens is 224 g/mol. The summed E-state index contributed by atoms with van der Waals surface area (Å²) >= 11 is 0. The number of methoxy groups -OCH3 is 1. The molecule has 0 amide bonds. The number of hydrogen-bond acceptors (Lipinski definition) is 3. The first-order chi connectivity index (χ1) is 8.52. The summed E-state index contributed by atoms with van der Waals surface area (Å²) in [6.45, 7) is 7.83. The Labute approximate surface area is 110 Å². The van der Waals surface area contributed by atoms with Crippen LogP contribution in [0, 0.1) is 5.41 Å². The number of likely N-dealkylation sites (tertiary alicyclic amines) is 1. The Balaban J connectivity index is 2.02. The van der Waals surface area contributed by atoms with Crippen molar-refractivity contribution in [3.8, 4) is 5.75 Å². The van der Waals surface area contributed by atoms with Gasteiger partial charge in [0.25, 0.3) is 0 Å². The van der Waals surface area contributed by atoms with E-state index in [0.29, 0.717) is 5.41 Å². The highest BCUT2D eigenvalue weighted by Crippen LogP contribution is 2.31. The fourth-order valence-electron chi connectivity index (χ4n) is 2.73. The number of nitrogens with two attached hydrogens (primary N) is 1. The highest BCUT2D eigenvalue weighted by molar-refractivity contribution is 5.35. The molecule has 0 aliphatic carbocycles. The largest absolute Gasteiger partial charge is 0.496 e. The number of para-hydroxylation sites is 1. The maximum atomic E-state index is 6.32. The van der Waals surface area contributed by atoms with Gasteiger partial charge in [-0.15, -0.1) is 0 Å². The van der Waals surface area contributed by atoms with E-state index >= 15 is 0 Å². The zero-order valence-corrected chi connectivity index (χ0v) is 11.6. The summed E-state index contributed by atoms with van der Waals surface area (Å²) in [5.41, 5.74) is 7.85. The Morgan fingerprint density at radius 3 is 2.72 bits per heavy atom. The molecule has 1 aromatic carbocycles. The average molecular weight is 248 g/mol. The van der Waals surface area contributed by atoms with E-state index in [0.717, 1.165) is 30.9 Å². The zero-order valence-electron chi connectivity index (χ0n) is 11.6. The monoisotopic (exact) mass is 248 g/mol. The Morgan fingerprint density at radius 2 is 2.11 bits per heavy atom. The molecule has 0 aromatic heterocycles. The first kappa shape index (κ1) is 13.4. The van der Waals surface area contributed by atoms with Crippen LogP contribution in [0.15, 0.2) is 24.3 Å². The average Bonchev–Trinajstić information content (AvgIpc) is 2.68. The Hall–Kier alpha value is -1.06. The third-order valence-corrected chi connectivity index (χ3v) is 3.75. The molecule has 1 unspecified atom stereocenters. The second-order valence-electron chi connectivity index (χ2n) is 6.00. The van der Waals surface area contributed by atoms with Crippen molar-refractivity contribution in [1.29, 1.82) is 0 Å². The van der Waals surface area contributed by atoms with Crippen molar-refractivity contribution in [2.45, 2.75) is 26.3 Å². The minimum Gasteiger partial charge on any atom is -0.496 e. The Bertz CT molecular complexity index is 403. The molecular formula is C15H24N2O. The second-order valence-corrected chi connectivity index (χ2v) is 6.00. The molecule has 1 aliphatic heterocycles. The minimum atomic E-state index is 0.0232. The van der Waals surface area contributed by atoms with E-state index in [9.17, 15) is 0 Å². The maximum Gasteiger partial charge on any atom is 0.123 e. The van der Waals surface area contributed by atoms with Crippen LogP contribution in [-0.4, -0.2) is 31.6 Å². The van der Waals surface area contributed by atoms with Gasteiger partial charge in [-0.3, -0.25) is 0 Å². The summed E-state index contributed by atoms with van der Waals surface area (Å²) in [6, 6.07) is 8.06. The summed E-state index contributed by atoms with van der Waals surface area (Å²) in [5.74, 6) is 0.892. The number of nitrogens with zero attached hydrogens (tertiary/aromatic N) is 1. The van der Waals surface area contributed by atoms with Crippen molar-refractivity contribution in [3.05, 3.63) is 29.8 Å². The topological polar surface area (TPSA) is 38.5 Å². The molecule has 0 bridgehead atoms. The van der Waals surface area contributed by atoms with Crippen LogP contribution in [-0.2, 0) is 0 Å². The van der Waals surface area contributed by atoms with Gasteiger partial charge in [-0.1, -0.05) is 32.0 Å². The van der Waals surface area contributed by atoms with Gasteiger partial charge in [0.2, 0.25) is 0 Å². The van der Waals surface area contributed by atoms with Gasteiger partial charge < -0.3 is 15.4 Å². The zero-order chi connectivity index (χ0) is 13.2. The molecule has 2 rings (SSSR count). The molecule has 18 heavy (non-hydrogen) atoms. The van der Waals surface area contributed by atoms with E-state index in [1.54, 1.807) is 7.11 Å². The molecule has 0 radical (unpaired) electrons. The third-order valence-electron chi connectivity index (χ3n) is 3.75. The third kappa shape index (κ3) is 3.03. The molecule has 0 saturated carbocycles. The lowest BCUT2D eigenvalue weighted by molar-refractivity contribution is 0.274. The van der Waals surface area contributed by atoms with Crippen molar-refractivity contribution >= 4 is 0 Å². The van der Waals surface area contributed by atoms with E-state index < -0.39 is 0 Å². The smallest absolute Gasteiger partial charge is 0.123 e. The van der Waals surface area contributed by atoms with Crippen LogP contribution in [0.25, 0.3) is 0 Å². The maximum absolute atomic E-state index is 6.32. The van der Waals surface area contributed by atoms with Crippen molar-refractivity contribution in [2.75, 3.05) is 26.7 Å². The van der Waals surface area contributed by atoms with Gasteiger partial charge in [0.15, 0.2) is 0 Å². The van der Waals surface area contributed by atoms with Crippen LogP contribution in [0.5, 0.6) is 5.75 Å². The van der Waals surface area contributed by atoms with Crippen LogP contribution in [0.2, 0.25) is 0 Å². The van der Waals surface area contributed by atoms with Crippen LogP contribution < -0.4 is 10.5 Å². The predicted molar refractivity (Wildman–Crippen MR) is 74.8 cm³/mol. The van der Waals surface area contributed by atoms with E-state index in [2.05, 4.69) is 24.8 Å². The molecule has 0 spiro atoms. The standard InChI is InChI=1S/C15H24N2O/c1-15(2)8-9-17(11-15)10-13(16)12-6-4-5-7-14(12)18-3/h4-7,13H,8-11,16H2,1-3H3. The number of rotatable bonds is 4. The van der Waals surface area contributed by atoms with Crippen molar-refractivity contribution < 1.29 is 4.74 Å². The highest BCUT2D eigenvalue weighted by atomic mass is 16.5. The first-order valence-corrected chi connectivity index (χ1v) is 6.63. The molecule has 1 aromatic rings. The van der Waals surface area contributed by atoms with Crippen LogP contribution >= 0.6 is 0 Å². The SMILES string of the molecule is COc1ccccc1C(N)CN1CCC(C)(C)C1. The lowest BCUT2D eigenvalue weighted by Gasteiger charge is -2.24. The molecule has 3 heteroatoms. The summed E-state index contributed by atoms with van der Waals surface area (Å²) in [5, 5.41) is 0. The van der Waals surface area contributed by atoms with E-state index in [4.69, 9.17) is 10.5 Å². The normalized spacial score (nSPS) is 20.9. The van der Waals surface area contributed by atoms with Crippen molar-refractivity contribution in [2.24, 2.45) is 11.1 Å². The number of benzene rings is 1. The van der Waals surface area contributed by atoms with E-state index in [1.807, 2.05) is 18.2 Å². The van der Waals surface area contributed by atoms with Gasteiger partial charge in [-0.2, -0.15) is 0 Å². The Kier molecular flexibility index (Phi) is 3.93. The molecule has 1 fully saturated rings. The summed E-state index contributed by atoms with van der Waals surface area (Å²) in [7, 11) is 1.70. The summed E-state index contributed by atoms with van der Waals surface area (Å²) in [6.07, 6.45) is 1.26. The molecule has 1 atom stereocenters. The molecule has 2 N–H and O–H groups in total. The predicted octanol–water partition coefficient (Wildman–Crippen LogP) is 2.43. The van der Waals surface area contributed by atoms with Gasteiger partial charge >= 0.3 is 0 Å². The fraction of sp³-hybridized carbons (Fsp3) is 0.600. The highest BCUT2D eigenvalue weighted by Gasteiger charge is 2.30. The van der Waals surface area contributed by atoms with Gasteiger partial charge in [0, 0.05) is 24.7 Å². The van der Waals surface area contributed by atoms with Gasteiger partial charge in [-0.25, -0.2) is 0 Å². The van der Waals surface area contributed by atoms with E-state index in [1.165, 1.54) is 6.42 Å². The number of hydrogen-bond donors (Lipinski definition) is 1. The fourth-order valence-corrected chi connectivity index (χ4v) is 2.73. The second kappa shape index (κ2) is 5.29. The number of ether oxygens (including phenoxy) is 1. The molecule has 3 nitrogen and oxygen atoms in total. The van der Waals surface area contributed by atoms with Crippen molar-refractivity contribution in [3.63, 3.8) is 0 Å². The molecule has 100 valence electrons. The lowest BCUT2D eigenvalue weighted by atomic mass is 9.93. The van der Waals surface area contributed by atoms with Crippen LogP contribution in [0.3, 0.4) is 0 Å². The molecule has 1 heterocycles. The van der Waals surface area contributed by atoms with Crippen molar-refractivity contribution in [1.82, 2.24) is 4.90 Å². The van der Waals surface area contributed by atoms with Gasteiger partial charge in [0.05, 0.1) is 7.11 Å². The van der Waals surface area contributed by atoms with Gasteiger partial charge in [0.1, 0.15) is 5.75 Å². The summed E-state index contributed by atoms with van der Waals surface area (Å²) in [4.78, 5) is 2.46. The Morgan fingerprint density at radius 1 is 1.39 bits per heavy atom. The van der Waals surface area contributed by atoms with Gasteiger partial charge in [-0.05, 0) is 24.4 Å². The van der Waals surface area contributed by atoms with Crippen LogP contribution in [0.4, 0.5) is 0 Å². The van der Waals surface area contributed by atoms with E-state index in [-0.39, 0.29) is 6.04 Å². The van der Waals surface area contributed by atoms with Crippen LogP contribution in [0.1, 0.15) is 31.9 Å².